The summed E-state index contributed by atoms with van der Waals surface area (Å²) in [5.74, 6) is 0.179. The number of hydrogen-bond donors (Lipinski definition) is 0. The average molecular weight is 180 g/mol. The Hall–Kier alpha value is -0.660. The third kappa shape index (κ3) is 0.839. The molecule has 0 aromatic carbocycles. The van der Waals surface area contributed by atoms with Gasteiger partial charge in [-0.25, -0.2) is 0 Å². The van der Waals surface area contributed by atoms with Crippen molar-refractivity contribution in [2.24, 2.45) is 16.7 Å². The van der Waals surface area contributed by atoms with E-state index in [1.54, 1.807) is 0 Å². The Morgan fingerprint density at radius 3 is 2.46 bits per heavy atom. The molecule has 0 amide bonds. The molecule has 0 spiro atoms. The standard InChI is InChI=1S/C11H16O2/c1-10(2)7-4-5-11(10,3)9(13)8(12)6-7/h7H,4-6H2,1-3H3. The van der Waals surface area contributed by atoms with Crippen LogP contribution >= 0.6 is 0 Å². The van der Waals surface area contributed by atoms with E-state index in [-0.39, 0.29) is 22.4 Å². The highest BCUT2D eigenvalue weighted by Crippen LogP contribution is 2.60. The van der Waals surface area contributed by atoms with E-state index in [0.29, 0.717) is 12.3 Å². The minimum absolute atomic E-state index is 0.0258. The summed E-state index contributed by atoms with van der Waals surface area (Å²) in [6, 6.07) is 0. The molecule has 13 heavy (non-hydrogen) atoms. The van der Waals surface area contributed by atoms with Crippen LogP contribution in [0.25, 0.3) is 0 Å². The van der Waals surface area contributed by atoms with Gasteiger partial charge < -0.3 is 0 Å². The summed E-state index contributed by atoms with van der Waals surface area (Å²) in [7, 11) is 0. The molecule has 2 fully saturated rings. The molecule has 0 aromatic rings. The molecular formula is C11H16O2. The molecular weight excluding hydrogens is 164 g/mol. The van der Waals surface area contributed by atoms with E-state index in [2.05, 4.69) is 13.8 Å². The minimum Gasteiger partial charge on any atom is -0.291 e. The van der Waals surface area contributed by atoms with Crippen molar-refractivity contribution in [1.82, 2.24) is 0 Å². The van der Waals surface area contributed by atoms with Gasteiger partial charge in [-0.05, 0) is 24.2 Å². The molecule has 0 aromatic heterocycles. The van der Waals surface area contributed by atoms with Gasteiger partial charge in [0.1, 0.15) is 0 Å². The summed E-state index contributed by atoms with van der Waals surface area (Å²) in [4.78, 5) is 23.2. The van der Waals surface area contributed by atoms with Crippen molar-refractivity contribution in [3.63, 3.8) is 0 Å². The van der Waals surface area contributed by atoms with Crippen molar-refractivity contribution < 1.29 is 9.59 Å². The van der Waals surface area contributed by atoms with E-state index < -0.39 is 0 Å². The van der Waals surface area contributed by atoms with Crippen LogP contribution in [-0.4, -0.2) is 11.6 Å². The lowest BCUT2D eigenvalue weighted by atomic mass is 9.58. The zero-order chi connectivity index (χ0) is 9.85. The average Bonchev–Trinajstić information content (AvgIpc) is 2.18. The summed E-state index contributed by atoms with van der Waals surface area (Å²) in [6.07, 6.45) is 2.43. The highest BCUT2D eigenvalue weighted by Gasteiger charge is 2.60. The molecule has 2 heteroatoms. The molecule has 2 unspecified atom stereocenters. The first-order valence-electron chi connectivity index (χ1n) is 4.97. The molecule has 72 valence electrons. The van der Waals surface area contributed by atoms with E-state index in [9.17, 15) is 9.59 Å². The second-order valence-electron chi connectivity index (χ2n) is 5.25. The summed E-state index contributed by atoms with van der Waals surface area (Å²) < 4.78 is 0. The number of ketones is 2. The first kappa shape index (κ1) is 8.92. The molecule has 2 bridgehead atoms. The molecule has 2 aliphatic rings. The Morgan fingerprint density at radius 1 is 1.23 bits per heavy atom. The summed E-state index contributed by atoms with van der Waals surface area (Å²) in [5, 5.41) is 0. The normalized spacial score (nSPS) is 42.5. The lowest BCUT2D eigenvalue weighted by molar-refractivity contribution is -0.151. The van der Waals surface area contributed by atoms with Gasteiger partial charge >= 0.3 is 0 Å². The Bertz CT molecular complexity index is 290. The van der Waals surface area contributed by atoms with E-state index >= 15 is 0 Å². The van der Waals surface area contributed by atoms with E-state index in [0.717, 1.165) is 12.8 Å². The number of hydrogen-bond acceptors (Lipinski definition) is 2. The largest absolute Gasteiger partial charge is 0.291 e. The lowest BCUT2D eigenvalue weighted by Gasteiger charge is -2.43. The van der Waals surface area contributed by atoms with Gasteiger partial charge in [0.25, 0.3) is 0 Å². The monoisotopic (exact) mass is 180 g/mol. The van der Waals surface area contributed by atoms with Crippen molar-refractivity contribution in [2.75, 3.05) is 0 Å². The predicted octanol–water partition coefficient (Wildman–Crippen LogP) is 1.97. The van der Waals surface area contributed by atoms with E-state index in [1.807, 2.05) is 6.92 Å². The summed E-state index contributed by atoms with van der Waals surface area (Å²) in [6.45, 7) is 6.23. The van der Waals surface area contributed by atoms with Gasteiger partial charge in [-0.1, -0.05) is 20.8 Å². The highest BCUT2D eigenvalue weighted by molar-refractivity contribution is 6.40. The summed E-state index contributed by atoms with van der Waals surface area (Å²) >= 11 is 0. The zero-order valence-corrected chi connectivity index (χ0v) is 8.52. The van der Waals surface area contributed by atoms with Crippen LogP contribution in [0.2, 0.25) is 0 Å². The smallest absolute Gasteiger partial charge is 0.204 e. The Balaban J connectivity index is 2.50. The third-order valence-corrected chi connectivity index (χ3v) is 4.62. The van der Waals surface area contributed by atoms with Gasteiger partial charge in [-0.2, -0.15) is 0 Å². The second kappa shape index (κ2) is 2.23. The molecule has 2 saturated carbocycles. The molecule has 2 atom stereocenters. The van der Waals surface area contributed by atoms with Gasteiger partial charge in [-0.3, -0.25) is 9.59 Å². The lowest BCUT2D eigenvalue weighted by Crippen LogP contribution is -2.49. The van der Waals surface area contributed by atoms with Crippen LogP contribution in [-0.2, 0) is 9.59 Å². The third-order valence-electron chi connectivity index (χ3n) is 4.62. The molecule has 2 nitrogen and oxygen atoms in total. The molecule has 2 aliphatic carbocycles. The van der Waals surface area contributed by atoms with Crippen LogP contribution in [0.4, 0.5) is 0 Å². The first-order chi connectivity index (χ1) is 5.89. The zero-order valence-electron chi connectivity index (χ0n) is 8.52. The number of carbonyl (C=O) groups excluding carboxylic acids is 2. The summed E-state index contributed by atoms with van der Waals surface area (Å²) in [5.41, 5.74) is -0.342. The maximum Gasteiger partial charge on any atom is 0.204 e. The van der Waals surface area contributed by atoms with Crippen LogP contribution in [0, 0.1) is 16.7 Å². The van der Waals surface area contributed by atoms with Crippen molar-refractivity contribution in [3.05, 3.63) is 0 Å². The number of fused-ring (bicyclic) bond motifs is 2. The van der Waals surface area contributed by atoms with Crippen molar-refractivity contribution in [2.45, 2.75) is 40.0 Å². The highest BCUT2D eigenvalue weighted by atomic mass is 16.2. The maximum absolute atomic E-state index is 11.8. The fourth-order valence-electron chi connectivity index (χ4n) is 2.98. The molecule has 0 saturated heterocycles. The Morgan fingerprint density at radius 2 is 1.85 bits per heavy atom. The molecule has 0 radical (unpaired) electrons. The molecule has 0 heterocycles. The quantitative estimate of drug-likeness (QED) is 0.534. The fraction of sp³-hybridized carbons (Fsp3) is 0.818. The Labute approximate surface area is 78.7 Å². The molecule has 0 aliphatic heterocycles. The second-order valence-corrected chi connectivity index (χ2v) is 5.25. The SMILES string of the molecule is CC12CCC(CC(=O)C1=O)C2(C)C. The van der Waals surface area contributed by atoms with Gasteiger partial charge in [0, 0.05) is 11.8 Å². The van der Waals surface area contributed by atoms with Crippen LogP contribution in [0.15, 0.2) is 0 Å². The van der Waals surface area contributed by atoms with Crippen LogP contribution in [0.3, 0.4) is 0 Å². The number of Topliss-reactive ketones (excluding diaryl/α,β-unsaturated/α-hetero) is 2. The van der Waals surface area contributed by atoms with Crippen molar-refractivity contribution >= 4 is 11.6 Å². The van der Waals surface area contributed by atoms with Crippen molar-refractivity contribution in [3.8, 4) is 0 Å². The van der Waals surface area contributed by atoms with Gasteiger partial charge in [0.05, 0.1) is 0 Å². The predicted molar refractivity (Wildman–Crippen MR) is 49.2 cm³/mol. The van der Waals surface area contributed by atoms with Gasteiger partial charge in [-0.15, -0.1) is 0 Å². The van der Waals surface area contributed by atoms with Crippen LogP contribution in [0.1, 0.15) is 40.0 Å². The first-order valence-corrected chi connectivity index (χ1v) is 4.97. The molecule has 0 N–H and O–H groups in total. The van der Waals surface area contributed by atoms with Crippen LogP contribution < -0.4 is 0 Å². The topological polar surface area (TPSA) is 34.1 Å². The molecule has 2 rings (SSSR count). The number of rotatable bonds is 0. The number of carbonyl (C=O) groups is 2. The van der Waals surface area contributed by atoms with Crippen molar-refractivity contribution in [1.29, 1.82) is 0 Å². The fourth-order valence-corrected chi connectivity index (χ4v) is 2.98. The van der Waals surface area contributed by atoms with E-state index in [1.165, 1.54) is 0 Å². The minimum atomic E-state index is -0.368. The Kier molecular flexibility index (Phi) is 1.53. The van der Waals surface area contributed by atoms with Gasteiger partial charge in [0.2, 0.25) is 5.78 Å². The van der Waals surface area contributed by atoms with Gasteiger partial charge in [0.15, 0.2) is 5.78 Å². The van der Waals surface area contributed by atoms with E-state index in [4.69, 9.17) is 0 Å². The maximum atomic E-state index is 11.8. The van der Waals surface area contributed by atoms with Crippen LogP contribution in [0.5, 0.6) is 0 Å².